The van der Waals surface area contributed by atoms with Gasteiger partial charge in [0.25, 0.3) is 5.91 Å². The lowest BCUT2D eigenvalue weighted by Crippen LogP contribution is -2.38. The van der Waals surface area contributed by atoms with Crippen molar-refractivity contribution in [1.82, 2.24) is 5.32 Å². The summed E-state index contributed by atoms with van der Waals surface area (Å²) in [6, 6.07) is 13.6. The van der Waals surface area contributed by atoms with E-state index in [1.54, 1.807) is 12.1 Å². The summed E-state index contributed by atoms with van der Waals surface area (Å²) in [5, 5.41) is 2.91. The van der Waals surface area contributed by atoms with Crippen LogP contribution in [0.15, 0.2) is 48.5 Å². The Balaban J connectivity index is 1.64. The van der Waals surface area contributed by atoms with Crippen LogP contribution in [-0.4, -0.2) is 12.0 Å². The molecule has 21 heavy (non-hydrogen) atoms. The van der Waals surface area contributed by atoms with Crippen LogP contribution >= 0.6 is 0 Å². The summed E-state index contributed by atoms with van der Waals surface area (Å²) in [4.78, 5) is 12.3. The molecule has 0 bridgehead atoms. The lowest BCUT2D eigenvalue weighted by atomic mass is 10.1. The number of nitrogens with one attached hydrogen (secondary N) is 1. The van der Waals surface area contributed by atoms with Gasteiger partial charge in [-0.05, 0) is 36.2 Å². The lowest BCUT2D eigenvalue weighted by Gasteiger charge is -2.17. The summed E-state index contributed by atoms with van der Waals surface area (Å²) in [6.07, 6.45) is 0.0864. The minimum atomic E-state index is -0.495. The number of para-hydroxylation sites is 1. The molecule has 108 valence electrons. The van der Waals surface area contributed by atoms with E-state index in [4.69, 9.17) is 4.74 Å². The minimum absolute atomic E-state index is 0.150. The number of fused-ring (bicyclic) bond motifs is 1. The van der Waals surface area contributed by atoms with E-state index in [1.807, 2.05) is 31.2 Å². The van der Waals surface area contributed by atoms with E-state index in [0.717, 1.165) is 16.9 Å². The molecule has 0 radical (unpaired) electrons. The van der Waals surface area contributed by atoms with Crippen LogP contribution in [0.5, 0.6) is 5.75 Å². The van der Waals surface area contributed by atoms with Crippen LogP contribution < -0.4 is 10.1 Å². The van der Waals surface area contributed by atoms with Crippen molar-refractivity contribution in [3.63, 3.8) is 0 Å². The average Bonchev–Trinajstić information content (AvgIpc) is 2.92. The SMILES string of the molecule is CC(NC(=O)C1Cc2ccccc2O1)c1ccc(F)cc1. The molecule has 0 aromatic heterocycles. The highest BCUT2D eigenvalue weighted by molar-refractivity contribution is 5.82. The highest BCUT2D eigenvalue weighted by Gasteiger charge is 2.29. The van der Waals surface area contributed by atoms with Gasteiger partial charge in [-0.15, -0.1) is 0 Å². The molecule has 1 heterocycles. The van der Waals surface area contributed by atoms with Crippen molar-refractivity contribution in [2.24, 2.45) is 0 Å². The maximum Gasteiger partial charge on any atom is 0.261 e. The summed E-state index contributed by atoms with van der Waals surface area (Å²) in [5.74, 6) is 0.335. The second kappa shape index (κ2) is 5.56. The van der Waals surface area contributed by atoms with E-state index in [9.17, 15) is 9.18 Å². The number of carbonyl (C=O) groups is 1. The monoisotopic (exact) mass is 285 g/mol. The van der Waals surface area contributed by atoms with Gasteiger partial charge in [-0.3, -0.25) is 4.79 Å². The van der Waals surface area contributed by atoms with Crippen molar-refractivity contribution in [3.05, 3.63) is 65.5 Å². The molecule has 0 fully saturated rings. The Morgan fingerprint density at radius 2 is 1.95 bits per heavy atom. The number of ether oxygens (including phenoxy) is 1. The van der Waals surface area contributed by atoms with Gasteiger partial charge in [-0.2, -0.15) is 0 Å². The first kappa shape index (κ1) is 13.6. The topological polar surface area (TPSA) is 38.3 Å². The van der Waals surface area contributed by atoms with Crippen LogP contribution in [0.4, 0.5) is 4.39 Å². The fraction of sp³-hybridized carbons (Fsp3) is 0.235. The maximum absolute atomic E-state index is 12.9. The molecule has 2 aromatic rings. The predicted octanol–water partition coefficient (Wildman–Crippen LogP) is 3.01. The molecule has 1 aliphatic heterocycles. The third-order valence-corrected chi connectivity index (χ3v) is 3.67. The Hall–Kier alpha value is -2.36. The summed E-state index contributed by atoms with van der Waals surface area (Å²) in [5.41, 5.74) is 1.91. The molecule has 2 unspecified atom stereocenters. The Morgan fingerprint density at radius 1 is 1.24 bits per heavy atom. The predicted molar refractivity (Wildman–Crippen MR) is 77.5 cm³/mol. The highest BCUT2D eigenvalue weighted by atomic mass is 19.1. The van der Waals surface area contributed by atoms with Gasteiger partial charge in [-0.1, -0.05) is 30.3 Å². The summed E-state index contributed by atoms with van der Waals surface area (Å²) < 4.78 is 18.6. The fourth-order valence-electron chi connectivity index (χ4n) is 2.47. The van der Waals surface area contributed by atoms with Gasteiger partial charge in [0.2, 0.25) is 0 Å². The van der Waals surface area contributed by atoms with Crippen LogP contribution in [0.3, 0.4) is 0 Å². The van der Waals surface area contributed by atoms with Gasteiger partial charge in [0, 0.05) is 6.42 Å². The molecule has 0 saturated heterocycles. The molecule has 2 atom stereocenters. The van der Waals surface area contributed by atoms with Gasteiger partial charge >= 0.3 is 0 Å². The average molecular weight is 285 g/mol. The molecular formula is C17H16FNO2. The minimum Gasteiger partial charge on any atom is -0.480 e. The van der Waals surface area contributed by atoms with Gasteiger partial charge in [0.05, 0.1) is 6.04 Å². The zero-order valence-corrected chi connectivity index (χ0v) is 11.7. The number of carbonyl (C=O) groups excluding carboxylic acids is 1. The first-order chi connectivity index (χ1) is 10.1. The Kier molecular flexibility index (Phi) is 3.60. The van der Waals surface area contributed by atoms with Crippen LogP contribution in [0.2, 0.25) is 0 Å². The van der Waals surface area contributed by atoms with Crippen molar-refractivity contribution >= 4 is 5.91 Å². The molecule has 1 N–H and O–H groups in total. The van der Waals surface area contributed by atoms with E-state index < -0.39 is 6.10 Å². The number of rotatable bonds is 3. The van der Waals surface area contributed by atoms with Crippen LogP contribution in [0, 0.1) is 5.82 Å². The van der Waals surface area contributed by atoms with E-state index >= 15 is 0 Å². The van der Waals surface area contributed by atoms with Crippen LogP contribution in [-0.2, 0) is 11.2 Å². The lowest BCUT2D eigenvalue weighted by molar-refractivity contribution is -0.127. The fourth-order valence-corrected chi connectivity index (χ4v) is 2.47. The van der Waals surface area contributed by atoms with Gasteiger partial charge in [0.1, 0.15) is 11.6 Å². The first-order valence-corrected chi connectivity index (χ1v) is 6.94. The quantitative estimate of drug-likeness (QED) is 0.941. The van der Waals surface area contributed by atoms with Crippen LogP contribution in [0.1, 0.15) is 24.1 Å². The normalized spacial score (nSPS) is 17.7. The van der Waals surface area contributed by atoms with Gasteiger partial charge < -0.3 is 10.1 Å². The molecule has 1 amide bonds. The van der Waals surface area contributed by atoms with Crippen molar-refractivity contribution in [2.75, 3.05) is 0 Å². The first-order valence-electron chi connectivity index (χ1n) is 6.94. The van der Waals surface area contributed by atoms with Gasteiger partial charge in [-0.25, -0.2) is 4.39 Å². The molecule has 2 aromatic carbocycles. The molecule has 1 aliphatic rings. The standard InChI is InChI=1S/C17H16FNO2/c1-11(12-6-8-14(18)9-7-12)19-17(20)16-10-13-4-2-3-5-15(13)21-16/h2-9,11,16H,10H2,1H3,(H,19,20). The molecule has 3 nitrogen and oxygen atoms in total. The summed E-state index contributed by atoms with van der Waals surface area (Å²) in [6.45, 7) is 1.87. The molecule has 0 spiro atoms. The second-order valence-corrected chi connectivity index (χ2v) is 5.20. The van der Waals surface area contributed by atoms with E-state index in [0.29, 0.717) is 6.42 Å². The van der Waals surface area contributed by atoms with Crippen molar-refractivity contribution in [1.29, 1.82) is 0 Å². The molecule has 0 saturated carbocycles. The smallest absolute Gasteiger partial charge is 0.261 e. The summed E-state index contributed by atoms with van der Waals surface area (Å²) >= 11 is 0. The molecule has 4 heteroatoms. The third-order valence-electron chi connectivity index (χ3n) is 3.67. The van der Waals surface area contributed by atoms with Gasteiger partial charge in [0.15, 0.2) is 6.10 Å². The highest BCUT2D eigenvalue weighted by Crippen LogP contribution is 2.28. The van der Waals surface area contributed by atoms with Crippen molar-refractivity contribution in [2.45, 2.75) is 25.5 Å². The van der Waals surface area contributed by atoms with E-state index in [-0.39, 0.29) is 17.8 Å². The van der Waals surface area contributed by atoms with Crippen LogP contribution in [0.25, 0.3) is 0 Å². The second-order valence-electron chi connectivity index (χ2n) is 5.20. The number of amides is 1. The maximum atomic E-state index is 12.9. The van der Waals surface area contributed by atoms with Crippen molar-refractivity contribution in [3.8, 4) is 5.75 Å². The number of benzene rings is 2. The molecule has 3 rings (SSSR count). The van der Waals surface area contributed by atoms with Crippen molar-refractivity contribution < 1.29 is 13.9 Å². The molecular weight excluding hydrogens is 269 g/mol. The summed E-state index contributed by atoms with van der Waals surface area (Å²) in [7, 11) is 0. The zero-order valence-electron chi connectivity index (χ0n) is 11.7. The zero-order chi connectivity index (χ0) is 14.8. The van der Waals surface area contributed by atoms with E-state index in [2.05, 4.69) is 5.32 Å². The Morgan fingerprint density at radius 3 is 2.67 bits per heavy atom. The Labute approximate surface area is 122 Å². The van der Waals surface area contributed by atoms with E-state index in [1.165, 1.54) is 12.1 Å². The number of hydrogen-bond acceptors (Lipinski definition) is 2. The number of halogens is 1. The Bertz CT molecular complexity index is 629. The largest absolute Gasteiger partial charge is 0.480 e. The number of hydrogen-bond donors (Lipinski definition) is 1. The molecule has 0 aliphatic carbocycles. The third kappa shape index (κ3) is 2.89.